The van der Waals surface area contributed by atoms with Gasteiger partial charge in [0, 0.05) is 10.9 Å². The summed E-state index contributed by atoms with van der Waals surface area (Å²) < 4.78 is 31.9. The Kier molecular flexibility index (Phi) is 4.01. The van der Waals surface area contributed by atoms with Gasteiger partial charge in [-0.3, -0.25) is 4.72 Å². The van der Waals surface area contributed by atoms with Crippen molar-refractivity contribution < 1.29 is 12.9 Å². The Bertz CT molecular complexity index is 915. The van der Waals surface area contributed by atoms with Gasteiger partial charge >= 0.3 is 0 Å². The second-order valence-electron chi connectivity index (χ2n) is 4.72. The van der Waals surface area contributed by atoms with Gasteiger partial charge in [0.05, 0.1) is 0 Å². The molecule has 8 nitrogen and oxygen atoms in total. The number of nitrogens with one attached hydrogen (secondary N) is 2. The minimum atomic E-state index is -3.64. The van der Waals surface area contributed by atoms with Crippen LogP contribution < -0.4 is 10.0 Å². The van der Waals surface area contributed by atoms with Crippen LogP contribution >= 0.6 is 11.3 Å². The van der Waals surface area contributed by atoms with Gasteiger partial charge in [0.2, 0.25) is 0 Å². The molecule has 0 bridgehead atoms. The van der Waals surface area contributed by atoms with Crippen LogP contribution in [0, 0.1) is 13.8 Å². The van der Waals surface area contributed by atoms with Crippen LogP contribution in [0.5, 0.6) is 0 Å². The molecule has 10 heteroatoms. The van der Waals surface area contributed by atoms with Gasteiger partial charge in [-0.05, 0) is 38.1 Å². The monoisotopic (exact) mass is 351 g/mol. The van der Waals surface area contributed by atoms with Gasteiger partial charge in [-0.2, -0.15) is 0 Å². The number of hydrogen-bond donors (Lipinski definition) is 2. The first-order valence-electron chi connectivity index (χ1n) is 6.56. The van der Waals surface area contributed by atoms with Crippen LogP contribution in [0.15, 0.2) is 39.1 Å². The van der Waals surface area contributed by atoms with Crippen molar-refractivity contribution in [1.82, 2.24) is 15.4 Å². The Labute approximate surface area is 136 Å². The Morgan fingerprint density at radius 2 is 1.78 bits per heavy atom. The molecule has 0 aliphatic rings. The molecule has 0 fully saturated rings. The van der Waals surface area contributed by atoms with Crippen LogP contribution in [0.4, 0.5) is 17.5 Å². The fraction of sp³-hybridized carbons (Fsp3) is 0.154. The summed E-state index contributed by atoms with van der Waals surface area (Å²) in [6, 6.07) is 8.11. The van der Waals surface area contributed by atoms with E-state index in [0.29, 0.717) is 17.4 Å². The maximum absolute atomic E-state index is 12.2. The number of hydrogen-bond acceptors (Lipinski definition) is 8. The van der Waals surface area contributed by atoms with E-state index in [-0.39, 0.29) is 10.0 Å². The first kappa shape index (κ1) is 15.4. The zero-order chi connectivity index (χ0) is 16.4. The van der Waals surface area contributed by atoms with E-state index in [2.05, 4.69) is 25.4 Å². The highest BCUT2D eigenvalue weighted by Gasteiger charge is 2.17. The largest absolute Gasteiger partial charge is 0.360 e. The molecule has 3 aromatic heterocycles. The summed E-state index contributed by atoms with van der Waals surface area (Å²) >= 11 is 1.19. The molecule has 23 heavy (non-hydrogen) atoms. The standard InChI is InChI=1S/C13H13N5O3S2/c1-8-7-12(17-21-8)14-10-4-5-11(16-15-10)18-23(19,20)13-6-3-9(2)22-13/h3-7H,1-2H3,(H,16,18)(H,14,15,17). The van der Waals surface area contributed by atoms with Gasteiger partial charge in [-0.1, -0.05) is 5.16 Å². The van der Waals surface area contributed by atoms with Crippen molar-refractivity contribution in [2.45, 2.75) is 18.1 Å². The minimum Gasteiger partial charge on any atom is -0.360 e. The Hall–Kier alpha value is -2.46. The third-order valence-corrected chi connectivity index (χ3v) is 5.62. The molecule has 2 N–H and O–H groups in total. The van der Waals surface area contributed by atoms with Crippen LogP contribution in [0.2, 0.25) is 0 Å². The average molecular weight is 351 g/mol. The third-order valence-electron chi connectivity index (χ3n) is 2.77. The van der Waals surface area contributed by atoms with E-state index in [0.717, 1.165) is 4.88 Å². The quantitative estimate of drug-likeness (QED) is 0.727. The lowest BCUT2D eigenvalue weighted by Crippen LogP contribution is -2.13. The topological polar surface area (TPSA) is 110 Å². The number of thiophene rings is 1. The molecule has 3 heterocycles. The molecule has 0 aliphatic heterocycles. The van der Waals surface area contributed by atoms with Gasteiger partial charge < -0.3 is 9.84 Å². The Balaban J connectivity index is 1.72. The highest BCUT2D eigenvalue weighted by molar-refractivity contribution is 7.94. The lowest BCUT2D eigenvalue weighted by molar-refractivity contribution is 0.400. The van der Waals surface area contributed by atoms with Gasteiger partial charge in [-0.25, -0.2) is 8.42 Å². The van der Waals surface area contributed by atoms with Gasteiger partial charge in [0.1, 0.15) is 9.97 Å². The van der Waals surface area contributed by atoms with Crippen LogP contribution in [-0.2, 0) is 10.0 Å². The molecule has 3 aromatic rings. The van der Waals surface area contributed by atoms with Crippen molar-refractivity contribution in [1.29, 1.82) is 0 Å². The summed E-state index contributed by atoms with van der Waals surface area (Å²) in [5.74, 6) is 1.72. The van der Waals surface area contributed by atoms with E-state index in [1.807, 2.05) is 6.92 Å². The SMILES string of the molecule is Cc1cc(Nc2ccc(NS(=O)(=O)c3ccc(C)s3)nn2)no1. The number of sulfonamides is 1. The third kappa shape index (κ3) is 3.66. The molecule has 0 atom stereocenters. The van der Waals surface area contributed by atoms with Crippen molar-refractivity contribution in [3.63, 3.8) is 0 Å². The molecule has 0 radical (unpaired) electrons. The highest BCUT2D eigenvalue weighted by Crippen LogP contribution is 2.23. The van der Waals surface area contributed by atoms with Crippen molar-refractivity contribution in [2.75, 3.05) is 10.0 Å². The molecular formula is C13H13N5O3S2. The summed E-state index contributed by atoms with van der Waals surface area (Å²) in [4.78, 5) is 0.916. The second-order valence-corrected chi connectivity index (χ2v) is 7.92. The maximum Gasteiger partial charge on any atom is 0.272 e. The molecule has 120 valence electrons. The van der Waals surface area contributed by atoms with Crippen LogP contribution in [0.3, 0.4) is 0 Å². The highest BCUT2D eigenvalue weighted by atomic mass is 32.2. The lowest BCUT2D eigenvalue weighted by atomic mass is 10.4. The summed E-state index contributed by atoms with van der Waals surface area (Å²) in [6.07, 6.45) is 0. The van der Waals surface area contributed by atoms with Gasteiger partial charge in [-0.15, -0.1) is 21.5 Å². The van der Waals surface area contributed by atoms with Gasteiger partial charge in [0.15, 0.2) is 17.5 Å². The second kappa shape index (κ2) is 5.97. The molecule has 0 unspecified atom stereocenters. The number of rotatable bonds is 5. The summed E-state index contributed by atoms with van der Waals surface area (Å²) in [6.45, 7) is 3.61. The van der Waals surface area contributed by atoms with E-state index >= 15 is 0 Å². The molecule has 0 saturated carbocycles. The predicted molar refractivity (Wildman–Crippen MR) is 86.4 cm³/mol. The molecule has 0 spiro atoms. The fourth-order valence-electron chi connectivity index (χ4n) is 1.75. The molecule has 0 aromatic carbocycles. The molecule has 0 amide bonds. The molecule has 3 rings (SSSR count). The summed E-state index contributed by atoms with van der Waals surface area (Å²) in [5, 5.41) is 14.4. The zero-order valence-electron chi connectivity index (χ0n) is 12.3. The first-order valence-corrected chi connectivity index (χ1v) is 8.86. The number of aromatic nitrogens is 3. The zero-order valence-corrected chi connectivity index (χ0v) is 13.9. The Morgan fingerprint density at radius 1 is 1.04 bits per heavy atom. The number of aryl methyl sites for hydroxylation is 2. The Morgan fingerprint density at radius 3 is 2.35 bits per heavy atom. The van der Waals surface area contributed by atoms with Crippen LogP contribution in [0.1, 0.15) is 10.6 Å². The van der Waals surface area contributed by atoms with E-state index in [4.69, 9.17) is 4.52 Å². The maximum atomic E-state index is 12.2. The van der Waals surface area contributed by atoms with E-state index < -0.39 is 10.0 Å². The number of nitrogens with zero attached hydrogens (tertiary/aromatic N) is 3. The normalized spacial score (nSPS) is 11.4. The molecular weight excluding hydrogens is 338 g/mol. The lowest BCUT2D eigenvalue weighted by Gasteiger charge is -2.05. The van der Waals surface area contributed by atoms with Gasteiger partial charge in [0.25, 0.3) is 10.0 Å². The van der Waals surface area contributed by atoms with E-state index in [9.17, 15) is 8.42 Å². The fourth-order valence-corrected chi connectivity index (χ4v) is 4.03. The van der Waals surface area contributed by atoms with Crippen molar-refractivity contribution in [2.24, 2.45) is 0 Å². The van der Waals surface area contributed by atoms with Crippen LogP contribution in [-0.4, -0.2) is 23.8 Å². The van der Waals surface area contributed by atoms with E-state index in [1.54, 1.807) is 31.2 Å². The van der Waals surface area contributed by atoms with Crippen molar-refractivity contribution in [3.8, 4) is 0 Å². The number of anilines is 3. The van der Waals surface area contributed by atoms with E-state index in [1.165, 1.54) is 17.4 Å². The van der Waals surface area contributed by atoms with Crippen LogP contribution in [0.25, 0.3) is 0 Å². The first-order chi connectivity index (χ1) is 10.9. The average Bonchev–Trinajstić information content (AvgIpc) is 3.10. The summed E-state index contributed by atoms with van der Waals surface area (Å²) in [5.41, 5.74) is 0. The summed E-state index contributed by atoms with van der Waals surface area (Å²) in [7, 11) is -3.64. The molecule has 0 saturated heterocycles. The molecule has 0 aliphatic carbocycles. The van der Waals surface area contributed by atoms with Crippen molar-refractivity contribution in [3.05, 3.63) is 41.0 Å². The minimum absolute atomic E-state index is 0.137. The predicted octanol–water partition coefficient (Wildman–Crippen LogP) is 2.69. The smallest absolute Gasteiger partial charge is 0.272 e. The van der Waals surface area contributed by atoms with Crippen molar-refractivity contribution >= 4 is 38.8 Å².